The Hall–Kier alpha value is -0.120. The molecule has 0 spiro atoms. The summed E-state index contributed by atoms with van der Waals surface area (Å²) in [7, 11) is 0. The lowest BCUT2D eigenvalue weighted by atomic mass is 9.83. The standard InChI is InChI=1S/C16H31N3/c1-2-3-14-4-6-15(7-5-14)18-8-10-19(11-9-18)16-12-17-13-16/h14-17H,2-13H2,1H3. The molecule has 1 N–H and O–H groups in total. The van der Waals surface area contributed by atoms with Crippen molar-refractivity contribution in [1.29, 1.82) is 0 Å². The molecule has 19 heavy (non-hydrogen) atoms. The Bertz CT molecular complexity index is 261. The van der Waals surface area contributed by atoms with Gasteiger partial charge in [-0.2, -0.15) is 0 Å². The predicted octanol–water partition coefficient (Wildman–Crippen LogP) is 1.93. The molecule has 0 aromatic carbocycles. The van der Waals surface area contributed by atoms with E-state index in [4.69, 9.17) is 0 Å². The van der Waals surface area contributed by atoms with Crippen LogP contribution in [-0.4, -0.2) is 61.2 Å². The summed E-state index contributed by atoms with van der Waals surface area (Å²) in [6.07, 6.45) is 8.76. The molecule has 2 aliphatic heterocycles. The van der Waals surface area contributed by atoms with Crippen LogP contribution in [0.25, 0.3) is 0 Å². The Balaban J connectivity index is 1.39. The molecule has 2 heterocycles. The molecule has 1 saturated carbocycles. The Morgan fingerprint density at radius 1 is 0.842 bits per heavy atom. The summed E-state index contributed by atoms with van der Waals surface area (Å²) in [5, 5.41) is 3.39. The summed E-state index contributed by atoms with van der Waals surface area (Å²) >= 11 is 0. The number of hydrogen-bond donors (Lipinski definition) is 1. The van der Waals surface area contributed by atoms with Crippen LogP contribution in [-0.2, 0) is 0 Å². The summed E-state index contributed by atoms with van der Waals surface area (Å²) in [6.45, 7) is 10.0. The van der Waals surface area contributed by atoms with Crippen LogP contribution in [0.4, 0.5) is 0 Å². The second-order valence-electron chi connectivity index (χ2n) is 6.85. The van der Waals surface area contributed by atoms with Crippen LogP contribution in [0.2, 0.25) is 0 Å². The van der Waals surface area contributed by atoms with Crippen molar-refractivity contribution >= 4 is 0 Å². The average Bonchev–Trinajstić information content (AvgIpc) is 2.39. The number of nitrogens with one attached hydrogen (secondary N) is 1. The zero-order chi connectivity index (χ0) is 13.1. The molecule has 3 fully saturated rings. The quantitative estimate of drug-likeness (QED) is 0.838. The van der Waals surface area contributed by atoms with Crippen LogP contribution < -0.4 is 5.32 Å². The molecule has 3 nitrogen and oxygen atoms in total. The summed E-state index contributed by atoms with van der Waals surface area (Å²) in [5.41, 5.74) is 0. The molecule has 3 rings (SSSR count). The normalized spacial score (nSPS) is 35.2. The summed E-state index contributed by atoms with van der Waals surface area (Å²) in [6, 6.07) is 1.76. The van der Waals surface area contributed by atoms with Crippen LogP contribution in [0.15, 0.2) is 0 Å². The van der Waals surface area contributed by atoms with Gasteiger partial charge in [0.25, 0.3) is 0 Å². The Kier molecular flexibility index (Phi) is 4.78. The fourth-order valence-corrected chi connectivity index (χ4v) is 4.21. The first kappa shape index (κ1) is 13.8. The minimum atomic E-state index is 0.849. The smallest absolute Gasteiger partial charge is 0.0346 e. The van der Waals surface area contributed by atoms with Crippen molar-refractivity contribution < 1.29 is 0 Å². The van der Waals surface area contributed by atoms with Gasteiger partial charge in [0.15, 0.2) is 0 Å². The van der Waals surface area contributed by atoms with Crippen molar-refractivity contribution in [2.45, 2.75) is 57.5 Å². The molecule has 0 radical (unpaired) electrons. The van der Waals surface area contributed by atoms with Crippen molar-refractivity contribution in [3.63, 3.8) is 0 Å². The lowest BCUT2D eigenvalue weighted by molar-refractivity contribution is 0.0369. The van der Waals surface area contributed by atoms with Crippen molar-refractivity contribution in [3.8, 4) is 0 Å². The number of nitrogens with zero attached hydrogens (tertiary/aromatic N) is 2. The topological polar surface area (TPSA) is 18.5 Å². The van der Waals surface area contributed by atoms with E-state index in [0.29, 0.717) is 0 Å². The van der Waals surface area contributed by atoms with E-state index in [1.54, 1.807) is 0 Å². The van der Waals surface area contributed by atoms with E-state index >= 15 is 0 Å². The second kappa shape index (κ2) is 6.55. The first-order valence-corrected chi connectivity index (χ1v) is 8.55. The molecular formula is C16H31N3. The molecule has 1 aliphatic carbocycles. The van der Waals surface area contributed by atoms with Crippen LogP contribution in [0.5, 0.6) is 0 Å². The third kappa shape index (κ3) is 3.32. The number of rotatable bonds is 4. The lowest BCUT2D eigenvalue weighted by Gasteiger charge is -2.46. The molecule has 2 saturated heterocycles. The van der Waals surface area contributed by atoms with Crippen molar-refractivity contribution in [3.05, 3.63) is 0 Å². The van der Waals surface area contributed by atoms with Gasteiger partial charge in [-0.25, -0.2) is 0 Å². The first-order chi connectivity index (χ1) is 9.36. The van der Waals surface area contributed by atoms with Gasteiger partial charge < -0.3 is 5.32 Å². The fourth-order valence-electron chi connectivity index (χ4n) is 4.21. The van der Waals surface area contributed by atoms with Crippen LogP contribution in [0.3, 0.4) is 0 Å². The van der Waals surface area contributed by atoms with Gasteiger partial charge in [0.2, 0.25) is 0 Å². The van der Waals surface area contributed by atoms with Gasteiger partial charge in [-0.1, -0.05) is 19.8 Å². The van der Waals surface area contributed by atoms with Gasteiger partial charge in [0.1, 0.15) is 0 Å². The molecule has 3 aliphatic rings. The Labute approximate surface area is 118 Å². The second-order valence-corrected chi connectivity index (χ2v) is 6.85. The highest BCUT2D eigenvalue weighted by Gasteiger charge is 2.31. The maximum atomic E-state index is 3.39. The van der Waals surface area contributed by atoms with Gasteiger partial charge in [-0.05, 0) is 31.6 Å². The summed E-state index contributed by atoms with van der Waals surface area (Å²) in [5.74, 6) is 1.04. The maximum absolute atomic E-state index is 3.39. The largest absolute Gasteiger partial charge is 0.314 e. The van der Waals surface area contributed by atoms with Crippen molar-refractivity contribution in [2.24, 2.45) is 5.92 Å². The van der Waals surface area contributed by atoms with E-state index in [1.165, 1.54) is 77.8 Å². The van der Waals surface area contributed by atoms with Gasteiger partial charge in [-0.15, -0.1) is 0 Å². The van der Waals surface area contributed by atoms with Gasteiger partial charge >= 0.3 is 0 Å². The van der Waals surface area contributed by atoms with Crippen LogP contribution >= 0.6 is 0 Å². The Morgan fingerprint density at radius 3 is 1.89 bits per heavy atom. The molecule has 0 aromatic rings. The predicted molar refractivity (Wildman–Crippen MR) is 80.5 cm³/mol. The summed E-state index contributed by atoms with van der Waals surface area (Å²) < 4.78 is 0. The van der Waals surface area contributed by atoms with Gasteiger partial charge in [0.05, 0.1) is 0 Å². The minimum absolute atomic E-state index is 0.849. The van der Waals surface area contributed by atoms with E-state index in [1.807, 2.05) is 0 Å². The van der Waals surface area contributed by atoms with Crippen LogP contribution in [0.1, 0.15) is 45.4 Å². The zero-order valence-corrected chi connectivity index (χ0v) is 12.6. The highest BCUT2D eigenvalue weighted by atomic mass is 15.3. The van der Waals surface area contributed by atoms with E-state index in [-0.39, 0.29) is 0 Å². The highest BCUT2D eigenvalue weighted by Crippen LogP contribution is 2.31. The molecule has 0 amide bonds. The van der Waals surface area contributed by atoms with Crippen molar-refractivity contribution in [2.75, 3.05) is 39.3 Å². The molecule has 0 unspecified atom stereocenters. The molecule has 0 bridgehead atoms. The van der Waals surface area contributed by atoms with E-state index < -0.39 is 0 Å². The third-order valence-electron chi connectivity index (χ3n) is 5.65. The van der Waals surface area contributed by atoms with E-state index in [2.05, 4.69) is 22.0 Å². The van der Waals surface area contributed by atoms with Crippen LogP contribution in [0, 0.1) is 5.92 Å². The average molecular weight is 265 g/mol. The molecule has 0 atom stereocenters. The van der Waals surface area contributed by atoms with E-state index in [9.17, 15) is 0 Å². The molecule has 0 aromatic heterocycles. The van der Waals surface area contributed by atoms with Crippen molar-refractivity contribution in [1.82, 2.24) is 15.1 Å². The molecule has 3 heteroatoms. The summed E-state index contributed by atoms with van der Waals surface area (Å²) in [4.78, 5) is 5.50. The SMILES string of the molecule is CCCC1CCC(N2CCN(C3CNC3)CC2)CC1. The van der Waals surface area contributed by atoms with E-state index in [0.717, 1.165) is 18.0 Å². The van der Waals surface area contributed by atoms with Gasteiger partial charge in [-0.3, -0.25) is 9.80 Å². The molecule has 110 valence electrons. The number of piperazine rings is 1. The first-order valence-electron chi connectivity index (χ1n) is 8.55. The van der Waals surface area contributed by atoms with Gasteiger partial charge in [0, 0.05) is 51.4 Å². The highest BCUT2D eigenvalue weighted by molar-refractivity contribution is 4.89. The number of hydrogen-bond acceptors (Lipinski definition) is 3. The zero-order valence-electron chi connectivity index (χ0n) is 12.6. The Morgan fingerprint density at radius 2 is 1.42 bits per heavy atom. The monoisotopic (exact) mass is 265 g/mol. The minimum Gasteiger partial charge on any atom is -0.314 e. The lowest BCUT2D eigenvalue weighted by Crippen LogP contribution is -2.62. The fraction of sp³-hybridized carbons (Fsp3) is 1.00. The molecular weight excluding hydrogens is 234 g/mol. The third-order valence-corrected chi connectivity index (χ3v) is 5.65. The maximum Gasteiger partial charge on any atom is 0.0346 e.